The zero-order valence-corrected chi connectivity index (χ0v) is 19.2. The van der Waals surface area contributed by atoms with E-state index >= 15 is 0 Å². The Labute approximate surface area is 193 Å². The first kappa shape index (κ1) is 22.4. The topological polar surface area (TPSA) is 66.8 Å². The van der Waals surface area contributed by atoms with E-state index in [4.69, 9.17) is 16.3 Å². The molecule has 1 atom stereocenters. The molecule has 0 bridgehead atoms. The van der Waals surface area contributed by atoms with Gasteiger partial charge in [-0.2, -0.15) is 0 Å². The highest BCUT2D eigenvalue weighted by Crippen LogP contribution is 2.44. The molecule has 1 unspecified atom stereocenters. The molecule has 6 heteroatoms. The van der Waals surface area contributed by atoms with Gasteiger partial charge in [-0.05, 0) is 50.5 Å². The molecular formula is C26H28ClNO4. The quantitative estimate of drug-likeness (QED) is 0.353. The van der Waals surface area contributed by atoms with Gasteiger partial charge in [-0.3, -0.25) is 9.59 Å². The minimum absolute atomic E-state index is 0.0266. The highest BCUT2D eigenvalue weighted by molar-refractivity contribution is 6.47. The number of ether oxygens (including phenoxy) is 1. The van der Waals surface area contributed by atoms with E-state index in [1.807, 2.05) is 38.1 Å². The number of carbonyl (C=O) groups is 2. The van der Waals surface area contributed by atoms with Crippen LogP contribution < -0.4 is 4.74 Å². The van der Waals surface area contributed by atoms with Gasteiger partial charge in [0.1, 0.15) is 11.5 Å². The third kappa shape index (κ3) is 4.14. The summed E-state index contributed by atoms with van der Waals surface area (Å²) in [6.45, 7) is 4.29. The number of aryl methyl sites for hydroxylation is 1. The lowest BCUT2D eigenvalue weighted by atomic mass is 9.90. The maximum absolute atomic E-state index is 13.3. The van der Waals surface area contributed by atoms with Crippen LogP contribution in [0.15, 0.2) is 48.0 Å². The fraction of sp³-hybridized carbons (Fsp3) is 0.385. The number of hydrogen-bond donors (Lipinski definition) is 1. The van der Waals surface area contributed by atoms with E-state index < -0.39 is 17.7 Å². The number of nitrogens with zero attached hydrogens (tertiary/aromatic N) is 1. The Bertz CT molecular complexity index is 1070. The maximum Gasteiger partial charge on any atom is 0.295 e. The third-order valence-corrected chi connectivity index (χ3v) is 6.64. The molecule has 1 saturated heterocycles. The summed E-state index contributed by atoms with van der Waals surface area (Å²) in [4.78, 5) is 28.2. The molecule has 4 rings (SSSR count). The summed E-state index contributed by atoms with van der Waals surface area (Å²) >= 11 is 6.40. The molecule has 2 aromatic carbocycles. The van der Waals surface area contributed by atoms with Crippen molar-refractivity contribution >= 4 is 29.1 Å². The monoisotopic (exact) mass is 453 g/mol. The van der Waals surface area contributed by atoms with Crippen molar-refractivity contribution in [2.24, 2.45) is 0 Å². The molecule has 2 aromatic rings. The Kier molecular flexibility index (Phi) is 6.56. The number of benzene rings is 2. The van der Waals surface area contributed by atoms with Crippen molar-refractivity contribution < 1.29 is 19.4 Å². The predicted octanol–water partition coefficient (Wildman–Crippen LogP) is 5.80. The summed E-state index contributed by atoms with van der Waals surface area (Å²) in [5, 5.41) is 11.6. The van der Waals surface area contributed by atoms with Crippen LogP contribution in [0.1, 0.15) is 61.8 Å². The van der Waals surface area contributed by atoms with Crippen LogP contribution in [0.5, 0.6) is 5.75 Å². The second-order valence-electron chi connectivity index (χ2n) is 8.49. The van der Waals surface area contributed by atoms with Crippen LogP contribution in [-0.4, -0.2) is 34.3 Å². The van der Waals surface area contributed by atoms with Gasteiger partial charge < -0.3 is 14.7 Å². The van der Waals surface area contributed by atoms with E-state index in [2.05, 4.69) is 0 Å². The summed E-state index contributed by atoms with van der Waals surface area (Å²) in [5.41, 5.74) is 2.21. The first-order chi connectivity index (χ1) is 15.4. The molecule has 1 aliphatic heterocycles. The fourth-order valence-corrected chi connectivity index (χ4v) is 5.05. The first-order valence-corrected chi connectivity index (χ1v) is 11.6. The Morgan fingerprint density at radius 2 is 1.88 bits per heavy atom. The van der Waals surface area contributed by atoms with Gasteiger partial charge >= 0.3 is 0 Å². The Balaban J connectivity index is 1.89. The van der Waals surface area contributed by atoms with Crippen LogP contribution in [0.4, 0.5) is 0 Å². The first-order valence-electron chi connectivity index (χ1n) is 11.2. The fourth-order valence-electron chi connectivity index (χ4n) is 4.84. The Morgan fingerprint density at radius 3 is 2.56 bits per heavy atom. The number of amides is 1. The third-order valence-electron chi connectivity index (χ3n) is 6.31. The molecule has 0 radical (unpaired) electrons. The number of ketones is 1. The average Bonchev–Trinajstić information content (AvgIpc) is 3.06. The van der Waals surface area contributed by atoms with Crippen LogP contribution in [-0.2, 0) is 9.59 Å². The van der Waals surface area contributed by atoms with Gasteiger partial charge in [0.25, 0.3) is 11.7 Å². The van der Waals surface area contributed by atoms with Gasteiger partial charge in [0, 0.05) is 11.6 Å². The van der Waals surface area contributed by atoms with Gasteiger partial charge in [-0.25, -0.2) is 0 Å². The number of hydrogen-bond acceptors (Lipinski definition) is 4. The van der Waals surface area contributed by atoms with Crippen molar-refractivity contribution in [2.75, 3.05) is 6.61 Å². The van der Waals surface area contributed by atoms with Crippen molar-refractivity contribution in [3.05, 3.63) is 69.8 Å². The van der Waals surface area contributed by atoms with E-state index in [0.29, 0.717) is 12.4 Å². The lowest BCUT2D eigenvalue weighted by molar-refractivity contribution is -0.141. The molecule has 1 N–H and O–H groups in total. The number of likely N-dealkylation sites (tertiary alicyclic amines) is 1. The van der Waals surface area contributed by atoms with Crippen LogP contribution in [0.3, 0.4) is 0 Å². The molecule has 5 nitrogen and oxygen atoms in total. The molecule has 2 aliphatic rings. The summed E-state index contributed by atoms with van der Waals surface area (Å²) < 4.78 is 5.55. The number of Topliss-reactive ketones (excluding diaryl/α,β-unsaturated/α-hetero) is 1. The lowest BCUT2D eigenvalue weighted by Crippen LogP contribution is -2.40. The van der Waals surface area contributed by atoms with Crippen molar-refractivity contribution in [3.63, 3.8) is 0 Å². The molecule has 1 aliphatic carbocycles. The van der Waals surface area contributed by atoms with Crippen LogP contribution in [0, 0.1) is 6.92 Å². The van der Waals surface area contributed by atoms with E-state index in [1.165, 1.54) is 0 Å². The Morgan fingerprint density at radius 1 is 1.12 bits per heavy atom. The van der Waals surface area contributed by atoms with Gasteiger partial charge in [0.2, 0.25) is 0 Å². The predicted molar refractivity (Wildman–Crippen MR) is 125 cm³/mol. The zero-order valence-electron chi connectivity index (χ0n) is 18.4. The molecule has 0 aromatic heterocycles. The van der Waals surface area contributed by atoms with Crippen LogP contribution in [0.25, 0.3) is 5.76 Å². The van der Waals surface area contributed by atoms with Crippen molar-refractivity contribution in [3.8, 4) is 5.75 Å². The molecule has 1 heterocycles. The van der Waals surface area contributed by atoms with Crippen molar-refractivity contribution in [1.29, 1.82) is 0 Å². The second kappa shape index (κ2) is 9.37. The lowest BCUT2D eigenvalue weighted by Gasteiger charge is -2.35. The minimum Gasteiger partial charge on any atom is -0.507 e. The van der Waals surface area contributed by atoms with Crippen molar-refractivity contribution in [2.45, 2.75) is 58.0 Å². The van der Waals surface area contributed by atoms with E-state index in [1.54, 1.807) is 23.1 Å². The number of aliphatic hydroxyl groups excluding tert-OH is 1. The van der Waals surface area contributed by atoms with E-state index in [-0.39, 0.29) is 28.0 Å². The molecule has 1 amide bonds. The maximum atomic E-state index is 13.3. The highest BCUT2D eigenvalue weighted by atomic mass is 35.5. The van der Waals surface area contributed by atoms with Gasteiger partial charge in [-0.1, -0.05) is 60.7 Å². The van der Waals surface area contributed by atoms with Crippen LogP contribution in [0.2, 0.25) is 5.02 Å². The Hall–Kier alpha value is -2.79. The number of aliphatic hydroxyl groups is 1. The SMILES string of the molecule is CCOc1ccc(Cl)c(/C(O)=C2\C(=O)C(=O)N(C3CCCCC3)C2c2cccc(C)c2)c1. The number of halogens is 1. The molecular weight excluding hydrogens is 426 g/mol. The van der Waals surface area contributed by atoms with Gasteiger partial charge in [0.05, 0.1) is 23.2 Å². The molecule has 168 valence electrons. The van der Waals surface area contributed by atoms with Crippen molar-refractivity contribution in [1.82, 2.24) is 4.90 Å². The number of carbonyl (C=O) groups excluding carboxylic acids is 2. The summed E-state index contributed by atoms with van der Waals surface area (Å²) in [7, 11) is 0. The highest BCUT2D eigenvalue weighted by Gasteiger charge is 2.49. The molecule has 2 fully saturated rings. The van der Waals surface area contributed by atoms with E-state index in [9.17, 15) is 14.7 Å². The summed E-state index contributed by atoms with van der Waals surface area (Å²) in [6, 6.07) is 12.0. The minimum atomic E-state index is -0.669. The summed E-state index contributed by atoms with van der Waals surface area (Å²) in [5.74, 6) is -0.953. The second-order valence-corrected chi connectivity index (χ2v) is 8.89. The van der Waals surface area contributed by atoms with Gasteiger partial charge in [-0.15, -0.1) is 0 Å². The molecule has 32 heavy (non-hydrogen) atoms. The number of rotatable bonds is 5. The molecule has 1 saturated carbocycles. The zero-order chi connectivity index (χ0) is 22.8. The van der Waals surface area contributed by atoms with Crippen LogP contribution >= 0.6 is 11.6 Å². The van der Waals surface area contributed by atoms with E-state index in [0.717, 1.165) is 43.2 Å². The van der Waals surface area contributed by atoms with Gasteiger partial charge in [0.15, 0.2) is 0 Å². The standard InChI is InChI=1S/C26H28ClNO4/c1-3-32-19-12-13-21(27)20(15-19)24(29)22-23(17-9-7-8-16(2)14-17)28(26(31)25(22)30)18-10-5-4-6-11-18/h7-9,12-15,18,23,29H,3-6,10-11H2,1-2H3/b24-22+. The smallest absolute Gasteiger partial charge is 0.295 e. The normalized spacial score (nSPS) is 21.2. The molecule has 0 spiro atoms. The summed E-state index contributed by atoms with van der Waals surface area (Å²) in [6.07, 6.45) is 4.90. The largest absolute Gasteiger partial charge is 0.507 e. The average molecular weight is 454 g/mol.